The first-order valence-corrected chi connectivity index (χ1v) is 6.19. The number of anilines is 1. The lowest BCUT2D eigenvalue weighted by Crippen LogP contribution is -2.14. The number of benzene rings is 1. The molecule has 0 fully saturated rings. The minimum Gasteiger partial charge on any atom is -0.321 e. The van der Waals surface area contributed by atoms with Crippen molar-refractivity contribution in [1.82, 2.24) is 0 Å². The molecule has 0 unspecified atom stereocenters. The highest BCUT2D eigenvalue weighted by atomic mass is 32.2. The number of allylic oxidation sites excluding steroid dienone is 1. The third-order valence-corrected chi connectivity index (χ3v) is 3.71. The van der Waals surface area contributed by atoms with Crippen LogP contribution in [-0.4, -0.2) is 5.91 Å². The van der Waals surface area contributed by atoms with E-state index in [1.54, 1.807) is 11.8 Å². The smallest absolute Gasteiger partial charge is 0.252 e. The number of hydrogen-bond donors (Lipinski definition) is 1. The number of hydrogen-bond acceptors (Lipinski definition) is 3. The van der Waals surface area contributed by atoms with Crippen LogP contribution in [0.25, 0.3) is 0 Å². The number of nitriles is 1. The predicted molar refractivity (Wildman–Crippen MR) is 68.5 cm³/mol. The van der Waals surface area contributed by atoms with E-state index < -0.39 is 0 Å². The van der Waals surface area contributed by atoms with E-state index in [0.717, 1.165) is 15.5 Å². The van der Waals surface area contributed by atoms with Gasteiger partial charge in [-0.1, -0.05) is 23.9 Å². The molecule has 1 aromatic rings. The summed E-state index contributed by atoms with van der Waals surface area (Å²) in [4.78, 5) is 14.0. The van der Waals surface area contributed by atoms with Crippen LogP contribution in [0.15, 0.2) is 39.6 Å². The van der Waals surface area contributed by atoms with Gasteiger partial charge < -0.3 is 5.32 Å². The van der Waals surface area contributed by atoms with Gasteiger partial charge in [0.2, 0.25) is 0 Å². The van der Waals surface area contributed by atoms with Crippen molar-refractivity contribution in [3.05, 3.63) is 34.7 Å². The van der Waals surface area contributed by atoms with Gasteiger partial charge in [0.05, 0.1) is 11.8 Å². The Balaban J connectivity index is 2.33. The summed E-state index contributed by atoms with van der Waals surface area (Å²) >= 11 is 1.58. The molecular weight excluding hydrogens is 232 g/mol. The maximum atomic E-state index is 12.0. The molecule has 1 N–H and O–H groups in total. The molecule has 1 aromatic carbocycles. The molecule has 0 spiro atoms. The summed E-state index contributed by atoms with van der Waals surface area (Å²) in [7, 11) is 0. The van der Waals surface area contributed by atoms with Crippen LogP contribution in [0.2, 0.25) is 0 Å². The maximum absolute atomic E-state index is 12.0. The lowest BCUT2D eigenvalue weighted by Gasteiger charge is -2.05. The van der Waals surface area contributed by atoms with E-state index in [0.29, 0.717) is 18.4 Å². The van der Waals surface area contributed by atoms with Crippen molar-refractivity contribution in [1.29, 1.82) is 5.26 Å². The van der Waals surface area contributed by atoms with Crippen molar-refractivity contribution in [3.8, 4) is 6.07 Å². The zero-order valence-electron chi connectivity index (χ0n) is 9.49. The van der Waals surface area contributed by atoms with Gasteiger partial charge in [-0.25, -0.2) is 0 Å². The number of carbonyl (C=O) groups is 1. The molecule has 1 aliphatic heterocycles. The Kier molecular flexibility index (Phi) is 3.50. The molecule has 1 heterocycles. The fourth-order valence-corrected chi connectivity index (χ4v) is 2.74. The van der Waals surface area contributed by atoms with E-state index in [9.17, 15) is 4.79 Å². The normalized spacial score (nSPS) is 14.7. The third-order valence-electron chi connectivity index (χ3n) is 2.58. The van der Waals surface area contributed by atoms with Crippen LogP contribution in [0.1, 0.15) is 19.8 Å². The highest BCUT2D eigenvalue weighted by molar-refractivity contribution is 8.03. The maximum Gasteiger partial charge on any atom is 0.252 e. The number of amides is 1. The molecule has 0 radical (unpaired) electrons. The quantitative estimate of drug-likeness (QED) is 0.868. The van der Waals surface area contributed by atoms with Crippen molar-refractivity contribution in [3.63, 3.8) is 0 Å². The number of fused-ring (bicyclic) bond motifs is 1. The van der Waals surface area contributed by atoms with Gasteiger partial charge in [-0.15, -0.1) is 0 Å². The summed E-state index contributed by atoms with van der Waals surface area (Å²) in [5, 5.41) is 11.5. The van der Waals surface area contributed by atoms with Crippen molar-refractivity contribution < 1.29 is 4.79 Å². The first kappa shape index (κ1) is 11.7. The van der Waals surface area contributed by atoms with E-state index >= 15 is 0 Å². The van der Waals surface area contributed by atoms with Gasteiger partial charge in [0, 0.05) is 16.9 Å². The molecule has 0 bridgehead atoms. The number of nitrogens with zero attached hydrogens (tertiary/aromatic N) is 1. The van der Waals surface area contributed by atoms with Gasteiger partial charge in [-0.05, 0) is 30.4 Å². The number of nitrogens with one attached hydrogen (secondary N) is 1. The minimum atomic E-state index is -0.0878. The molecule has 0 aliphatic carbocycles. The van der Waals surface area contributed by atoms with Gasteiger partial charge in [0.25, 0.3) is 5.91 Å². The zero-order valence-corrected chi connectivity index (χ0v) is 10.3. The van der Waals surface area contributed by atoms with E-state index in [1.807, 2.05) is 31.2 Å². The van der Waals surface area contributed by atoms with Gasteiger partial charge >= 0.3 is 0 Å². The summed E-state index contributed by atoms with van der Waals surface area (Å²) < 4.78 is 0. The monoisotopic (exact) mass is 244 g/mol. The molecule has 17 heavy (non-hydrogen) atoms. The SMILES string of the molecule is CC1=C(CCC#N)C(=O)Nc2ccccc2S1. The second-order valence-electron chi connectivity index (χ2n) is 3.75. The zero-order chi connectivity index (χ0) is 12.3. The third kappa shape index (κ3) is 2.51. The first-order chi connectivity index (χ1) is 8.22. The predicted octanol–water partition coefficient (Wildman–Crippen LogP) is 3.31. The molecule has 0 saturated heterocycles. The van der Waals surface area contributed by atoms with Gasteiger partial charge in [0.15, 0.2) is 0 Å². The summed E-state index contributed by atoms with van der Waals surface area (Å²) in [6.45, 7) is 1.93. The second-order valence-corrected chi connectivity index (χ2v) is 5.00. The fourth-order valence-electron chi connectivity index (χ4n) is 1.71. The van der Waals surface area contributed by atoms with Crippen LogP contribution in [-0.2, 0) is 4.79 Å². The summed E-state index contributed by atoms with van der Waals surface area (Å²) in [5.74, 6) is -0.0878. The topological polar surface area (TPSA) is 52.9 Å². The Labute approximate surface area is 105 Å². The molecule has 1 amide bonds. The van der Waals surface area contributed by atoms with Crippen molar-refractivity contribution in [2.45, 2.75) is 24.7 Å². The number of para-hydroxylation sites is 1. The number of rotatable bonds is 2. The summed E-state index contributed by atoms with van der Waals surface area (Å²) in [5.41, 5.74) is 1.56. The number of thioether (sulfide) groups is 1. The summed E-state index contributed by atoms with van der Waals surface area (Å²) in [6, 6.07) is 9.80. The van der Waals surface area contributed by atoms with Crippen LogP contribution in [0, 0.1) is 11.3 Å². The van der Waals surface area contributed by atoms with Crippen LogP contribution in [0.4, 0.5) is 5.69 Å². The molecule has 0 aromatic heterocycles. The average Bonchev–Trinajstić information content (AvgIpc) is 2.43. The molecule has 0 saturated carbocycles. The van der Waals surface area contributed by atoms with Crippen molar-refractivity contribution in [2.75, 3.05) is 5.32 Å². The Bertz CT molecular complexity index is 528. The molecule has 2 rings (SSSR count). The molecule has 4 heteroatoms. The Morgan fingerprint density at radius 2 is 2.18 bits per heavy atom. The second kappa shape index (κ2) is 5.07. The van der Waals surface area contributed by atoms with E-state index in [1.165, 1.54) is 0 Å². The largest absolute Gasteiger partial charge is 0.321 e. The van der Waals surface area contributed by atoms with Crippen LogP contribution in [0.3, 0.4) is 0 Å². The standard InChI is InChI=1S/C13H12N2OS/c1-9-10(5-4-8-14)13(16)15-11-6-2-3-7-12(11)17-9/h2-3,6-7H,4-5H2,1H3,(H,15,16). The first-order valence-electron chi connectivity index (χ1n) is 5.37. The van der Waals surface area contributed by atoms with Crippen molar-refractivity contribution in [2.24, 2.45) is 0 Å². The van der Waals surface area contributed by atoms with Gasteiger partial charge in [0.1, 0.15) is 0 Å². The van der Waals surface area contributed by atoms with E-state index in [2.05, 4.69) is 11.4 Å². The molecule has 86 valence electrons. The minimum absolute atomic E-state index is 0.0878. The van der Waals surface area contributed by atoms with Crippen LogP contribution in [0.5, 0.6) is 0 Å². The van der Waals surface area contributed by atoms with Crippen molar-refractivity contribution >= 4 is 23.4 Å². The Morgan fingerprint density at radius 3 is 2.94 bits per heavy atom. The molecular formula is C13H12N2OS. The Morgan fingerprint density at radius 1 is 1.41 bits per heavy atom. The van der Waals surface area contributed by atoms with Crippen LogP contribution < -0.4 is 5.32 Å². The van der Waals surface area contributed by atoms with Gasteiger partial charge in [-0.3, -0.25) is 4.79 Å². The molecule has 0 atom stereocenters. The lowest BCUT2D eigenvalue weighted by molar-refractivity contribution is -0.113. The molecule has 3 nitrogen and oxygen atoms in total. The average molecular weight is 244 g/mol. The number of carbonyl (C=O) groups excluding carboxylic acids is 1. The van der Waals surface area contributed by atoms with E-state index in [4.69, 9.17) is 5.26 Å². The van der Waals surface area contributed by atoms with E-state index in [-0.39, 0.29) is 5.91 Å². The Hall–Kier alpha value is -1.73. The lowest BCUT2D eigenvalue weighted by atomic mass is 10.1. The highest BCUT2D eigenvalue weighted by Gasteiger charge is 2.19. The molecule has 1 aliphatic rings. The summed E-state index contributed by atoms with van der Waals surface area (Å²) in [6.07, 6.45) is 0.881. The highest BCUT2D eigenvalue weighted by Crippen LogP contribution is 2.37. The van der Waals surface area contributed by atoms with Gasteiger partial charge in [-0.2, -0.15) is 5.26 Å². The fraction of sp³-hybridized carbons (Fsp3) is 0.231. The van der Waals surface area contributed by atoms with Crippen LogP contribution >= 0.6 is 11.8 Å².